The molecule has 1 N–H and O–H groups in total. The number of aldehydes is 1. The SMILES string of the molecule is CCc1ccc2cc(C=O)[nH]c2n1.S. The Kier molecular flexibility index (Phi) is 3.30. The first-order valence-corrected chi connectivity index (χ1v) is 4.27. The van der Waals surface area contributed by atoms with Gasteiger partial charge in [-0.05, 0) is 24.6 Å². The molecule has 2 aromatic rings. The van der Waals surface area contributed by atoms with Crippen molar-refractivity contribution in [1.82, 2.24) is 9.97 Å². The van der Waals surface area contributed by atoms with Gasteiger partial charge < -0.3 is 4.98 Å². The van der Waals surface area contributed by atoms with Crippen molar-refractivity contribution >= 4 is 30.8 Å². The largest absolute Gasteiger partial charge is 0.337 e. The number of nitrogens with one attached hydrogen (secondary N) is 1. The molecule has 0 saturated heterocycles. The molecule has 0 aliphatic heterocycles. The number of carbonyl (C=O) groups is 1. The first-order valence-electron chi connectivity index (χ1n) is 4.27. The van der Waals surface area contributed by atoms with Gasteiger partial charge in [-0.1, -0.05) is 6.92 Å². The summed E-state index contributed by atoms with van der Waals surface area (Å²) in [7, 11) is 0. The lowest BCUT2D eigenvalue weighted by atomic mass is 10.2. The molecule has 2 rings (SSSR count). The Hall–Kier alpha value is -1.29. The number of rotatable bonds is 2. The summed E-state index contributed by atoms with van der Waals surface area (Å²) in [5, 5.41) is 0.985. The topological polar surface area (TPSA) is 45.8 Å². The molecule has 4 heteroatoms. The van der Waals surface area contributed by atoms with Crippen LogP contribution in [0.2, 0.25) is 0 Å². The van der Waals surface area contributed by atoms with Gasteiger partial charge in [-0.3, -0.25) is 4.79 Å². The Labute approximate surface area is 89.0 Å². The van der Waals surface area contributed by atoms with E-state index in [2.05, 4.69) is 16.9 Å². The Balaban J connectivity index is 0.000000980. The Morgan fingerprint density at radius 3 is 2.93 bits per heavy atom. The van der Waals surface area contributed by atoms with Crippen molar-refractivity contribution in [2.75, 3.05) is 0 Å². The van der Waals surface area contributed by atoms with Crippen LogP contribution in [0.4, 0.5) is 0 Å². The molecule has 0 bridgehead atoms. The maximum Gasteiger partial charge on any atom is 0.166 e. The normalized spacial score (nSPS) is 9.79. The predicted molar refractivity (Wildman–Crippen MR) is 61.2 cm³/mol. The maximum absolute atomic E-state index is 10.5. The fourth-order valence-electron chi connectivity index (χ4n) is 1.33. The average Bonchev–Trinajstić information content (AvgIpc) is 2.58. The summed E-state index contributed by atoms with van der Waals surface area (Å²) < 4.78 is 0. The van der Waals surface area contributed by atoms with Crippen LogP contribution in [0.1, 0.15) is 23.1 Å². The summed E-state index contributed by atoms with van der Waals surface area (Å²) >= 11 is 0. The lowest BCUT2D eigenvalue weighted by molar-refractivity contribution is 0.112. The summed E-state index contributed by atoms with van der Waals surface area (Å²) in [6.07, 6.45) is 1.71. The number of H-pyrrole nitrogens is 1. The Bertz CT molecular complexity index is 450. The molecule has 2 aromatic heterocycles. The summed E-state index contributed by atoms with van der Waals surface area (Å²) in [6, 6.07) is 5.75. The van der Waals surface area contributed by atoms with Crippen LogP contribution in [-0.2, 0) is 6.42 Å². The smallest absolute Gasteiger partial charge is 0.166 e. The van der Waals surface area contributed by atoms with Crippen LogP contribution in [0.15, 0.2) is 18.2 Å². The highest BCUT2D eigenvalue weighted by atomic mass is 32.1. The molecule has 0 radical (unpaired) electrons. The molecular weight excluding hydrogens is 196 g/mol. The highest BCUT2D eigenvalue weighted by Gasteiger charge is 2.00. The van der Waals surface area contributed by atoms with E-state index >= 15 is 0 Å². The summed E-state index contributed by atoms with van der Waals surface area (Å²) in [4.78, 5) is 17.8. The van der Waals surface area contributed by atoms with Crippen molar-refractivity contribution in [3.63, 3.8) is 0 Å². The third-order valence-corrected chi connectivity index (χ3v) is 2.05. The van der Waals surface area contributed by atoms with Crippen LogP contribution in [0.3, 0.4) is 0 Å². The van der Waals surface area contributed by atoms with Crippen LogP contribution in [0, 0.1) is 0 Å². The van der Waals surface area contributed by atoms with E-state index in [0.29, 0.717) is 5.69 Å². The molecule has 0 aliphatic rings. The van der Waals surface area contributed by atoms with Crippen molar-refractivity contribution in [1.29, 1.82) is 0 Å². The number of hydrogen-bond donors (Lipinski definition) is 1. The molecule has 0 aromatic carbocycles. The fraction of sp³-hybridized carbons (Fsp3) is 0.200. The minimum atomic E-state index is 0. The fourth-order valence-corrected chi connectivity index (χ4v) is 1.33. The number of fused-ring (bicyclic) bond motifs is 1. The molecule has 0 atom stereocenters. The second kappa shape index (κ2) is 4.28. The van der Waals surface area contributed by atoms with Gasteiger partial charge in [0.15, 0.2) is 6.29 Å². The minimum Gasteiger partial charge on any atom is -0.337 e. The number of nitrogens with zero attached hydrogens (tertiary/aromatic N) is 1. The molecule has 0 fully saturated rings. The van der Waals surface area contributed by atoms with Crippen molar-refractivity contribution < 1.29 is 4.79 Å². The monoisotopic (exact) mass is 208 g/mol. The average molecular weight is 208 g/mol. The van der Waals surface area contributed by atoms with Gasteiger partial charge in [0.2, 0.25) is 0 Å². The molecule has 2 heterocycles. The lowest BCUT2D eigenvalue weighted by Gasteiger charge is -1.93. The molecule has 74 valence electrons. The number of pyridine rings is 1. The number of aromatic amines is 1. The van der Waals surface area contributed by atoms with E-state index in [9.17, 15) is 4.79 Å². The Morgan fingerprint density at radius 2 is 2.29 bits per heavy atom. The van der Waals surface area contributed by atoms with E-state index in [-0.39, 0.29) is 13.5 Å². The van der Waals surface area contributed by atoms with E-state index in [1.54, 1.807) is 6.07 Å². The zero-order chi connectivity index (χ0) is 9.26. The molecule has 0 aliphatic carbocycles. The Morgan fingerprint density at radius 1 is 1.50 bits per heavy atom. The summed E-state index contributed by atoms with van der Waals surface area (Å²) in [5.41, 5.74) is 2.41. The van der Waals surface area contributed by atoms with E-state index in [1.807, 2.05) is 12.1 Å². The van der Waals surface area contributed by atoms with Crippen LogP contribution < -0.4 is 0 Å². The van der Waals surface area contributed by atoms with Crippen molar-refractivity contribution in [3.8, 4) is 0 Å². The van der Waals surface area contributed by atoms with Crippen LogP contribution in [0.5, 0.6) is 0 Å². The number of hydrogen-bond acceptors (Lipinski definition) is 2. The van der Waals surface area contributed by atoms with Gasteiger partial charge >= 0.3 is 0 Å². The van der Waals surface area contributed by atoms with Crippen molar-refractivity contribution in [2.24, 2.45) is 0 Å². The van der Waals surface area contributed by atoms with Gasteiger partial charge in [-0.25, -0.2) is 4.98 Å². The van der Waals surface area contributed by atoms with Gasteiger partial charge in [-0.2, -0.15) is 13.5 Å². The van der Waals surface area contributed by atoms with Crippen LogP contribution >= 0.6 is 13.5 Å². The molecule has 0 unspecified atom stereocenters. The lowest BCUT2D eigenvalue weighted by Crippen LogP contribution is -1.86. The maximum atomic E-state index is 10.5. The molecular formula is C10H12N2OS. The predicted octanol–water partition coefficient (Wildman–Crippen LogP) is 2.05. The third kappa shape index (κ3) is 1.80. The number of aromatic nitrogens is 2. The quantitative estimate of drug-likeness (QED) is 0.768. The summed E-state index contributed by atoms with van der Waals surface area (Å²) in [6.45, 7) is 2.05. The number of carbonyl (C=O) groups excluding carboxylic acids is 1. The molecule has 14 heavy (non-hydrogen) atoms. The van der Waals surface area contributed by atoms with E-state index in [0.717, 1.165) is 29.4 Å². The van der Waals surface area contributed by atoms with Gasteiger partial charge in [0.25, 0.3) is 0 Å². The first-order chi connectivity index (χ1) is 6.33. The highest BCUT2D eigenvalue weighted by molar-refractivity contribution is 7.59. The van der Waals surface area contributed by atoms with E-state index < -0.39 is 0 Å². The molecule has 0 amide bonds. The first kappa shape index (κ1) is 10.8. The standard InChI is InChI=1S/C10H10N2O.H2S/c1-2-8-4-3-7-5-9(6-13)12-10(7)11-8;/h3-6H,2H2,1H3,(H,11,12);1H2. The molecule has 0 saturated carbocycles. The van der Waals surface area contributed by atoms with E-state index in [4.69, 9.17) is 0 Å². The van der Waals surface area contributed by atoms with Gasteiger partial charge in [-0.15, -0.1) is 0 Å². The van der Waals surface area contributed by atoms with Gasteiger partial charge in [0.05, 0.1) is 5.69 Å². The zero-order valence-electron chi connectivity index (χ0n) is 7.87. The van der Waals surface area contributed by atoms with Crippen molar-refractivity contribution in [2.45, 2.75) is 13.3 Å². The zero-order valence-corrected chi connectivity index (χ0v) is 8.87. The minimum absolute atomic E-state index is 0. The second-order valence-corrected chi connectivity index (χ2v) is 2.94. The second-order valence-electron chi connectivity index (χ2n) is 2.94. The molecule has 3 nitrogen and oxygen atoms in total. The van der Waals surface area contributed by atoms with Crippen LogP contribution in [0.25, 0.3) is 11.0 Å². The highest BCUT2D eigenvalue weighted by Crippen LogP contribution is 2.12. The van der Waals surface area contributed by atoms with Crippen LogP contribution in [-0.4, -0.2) is 16.3 Å². The summed E-state index contributed by atoms with van der Waals surface area (Å²) in [5.74, 6) is 0. The third-order valence-electron chi connectivity index (χ3n) is 2.05. The molecule has 0 spiro atoms. The van der Waals surface area contributed by atoms with Gasteiger partial charge in [0.1, 0.15) is 5.65 Å². The van der Waals surface area contributed by atoms with E-state index in [1.165, 1.54) is 0 Å². The van der Waals surface area contributed by atoms with Gasteiger partial charge in [0, 0.05) is 11.1 Å². The van der Waals surface area contributed by atoms with Crippen molar-refractivity contribution in [3.05, 3.63) is 29.6 Å². The number of aryl methyl sites for hydroxylation is 1.